The average molecular weight is 307 g/mol. The molecule has 0 spiro atoms. The number of urea groups is 1. The van der Waals surface area contributed by atoms with Gasteiger partial charge in [0, 0.05) is 24.5 Å². The first-order chi connectivity index (χ1) is 10.1. The SMILES string of the molecule is CC1CN(C(=O)NC2CCCc3sccc32)CC(=O)N1C. The highest BCUT2D eigenvalue weighted by Crippen LogP contribution is 2.33. The second kappa shape index (κ2) is 5.67. The number of piperazine rings is 1. The van der Waals surface area contributed by atoms with Gasteiger partial charge < -0.3 is 15.1 Å². The quantitative estimate of drug-likeness (QED) is 0.863. The molecule has 3 amide bonds. The van der Waals surface area contributed by atoms with Crippen LogP contribution in [0.25, 0.3) is 0 Å². The molecule has 1 aliphatic heterocycles. The lowest BCUT2D eigenvalue weighted by molar-refractivity contribution is -0.135. The maximum atomic E-state index is 12.4. The van der Waals surface area contributed by atoms with E-state index in [1.54, 1.807) is 28.2 Å². The van der Waals surface area contributed by atoms with Gasteiger partial charge in [-0.25, -0.2) is 4.79 Å². The van der Waals surface area contributed by atoms with Crippen molar-refractivity contribution < 1.29 is 9.59 Å². The zero-order valence-electron chi connectivity index (χ0n) is 12.5. The predicted octanol–water partition coefficient (Wildman–Crippen LogP) is 2.00. The minimum atomic E-state index is -0.118. The molecule has 1 fully saturated rings. The minimum Gasteiger partial charge on any atom is -0.340 e. The summed E-state index contributed by atoms with van der Waals surface area (Å²) >= 11 is 1.77. The number of aryl methyl sites for hydroxylation is 1. The van der Waals surface area contributed by atoms with Gasteiger partial charge in [-0.15, -0.1) is 11.3 Å². The van der Waals surface area contributed by atoms with Crippen molar-refractivity contribution in [1.82, 2.24) is 15.1 Å². The Kier molecular flexibility index (Phi) is 3.89. The Morgan fingerprint density at radius 3 is 3.05 bits per heavy atom. The van der Waals surface area contributed by atoms with Crippen molar-refractivity contribution in [1.29, 1.82) is 0 Å². The van der Waals surface area contributed by atoms with Crippen LogP contribution < -0.4 is 5.32 Å². The summed E-state index contributed by atoms with van der Waals surface area (Å²) in [5, 5.41) is 5.20. The molecule has 2 aliphatic rings. The van der Waals surface area contributed by atoms with Gasteiger partial charge in [0.25, 0.3) is 0 Å². The van der Waals surface area contributed by atoms with Crippen LogP contribution in [0.1, 0.15) is 36.2 Å². The Hall–Kier alpha value is -1.56. The van der Waals surface area contributed by atoms with E-state index in [1.807, 2.05) is 6.92 Å². The van der Waals surface area contributed by atoms with Crippen LogP contribution in [-0.2, 0) is 11.2 Å². The van der Waals surface area contributed by atoms with Gasteiger partial charge in [-0.1, -0.05) is 0 Å². The van der Waals surface area contributed by atoms with Gasteiger partial charge in [0.2, 0.25) is 5.91 Å². The fraction of sp³-hybridized carbons (Fsp3) is 0.600. The van der Waals surface area contributed by atoms with Crippen molar-refractivity contribution in [3.8, 4) is 0 Å². The van der Waals surface area contributed by atoms with Crippen LogP contribution in [-0.4, -0.2) is 47.9 Å². The second-order valence-electron chi connectivity index (χ2n) is 5.93. The van der Waals surface area contributed by atoms with E-state index in [1.165, 1.54) is 10.4 Å². The lowest BCUT2D eigenvalue weighted by Crippen LogP contribution is -2.57. The molecule has 5 nitrogen and oxygen atoms in total. The van der Waals surface area contributed by atoms with Crippen LogP contribution >= 0.6 is 11.3 Å². The monoisotopic (exact) mass is 307 g/mol. The molecule has 0 radical (unpaired) electrons. The highest BCUT2D eigenvalue weighted by molar-refractivity contribution is 7.10. The third-order valence-electron chi connectivity index (χ3n) is 4.50. The van der Waals surface area contributed by atoms with E-state index in [9.17, 15) is 9.59 Å². The molecule has 0 bridgehead atoms. The first-order valence-electron chi connectivity index (χ1n) is 7.43. The molecule has 0 aromatic carbocycles. The second-order valence-corrected chi connectivity index (χ2v) is 6.93. The summed E-state index contributed by atoms with van der Waals surface area (Å²) in [6.45, 7) is 2.74. The lowest BCUT2D eigenvalue weighted by Gasteiger charge is -2.38. The maximum absolute atomic E-state index is 12.4. The molecule has 1 aromatic heterocycles. The van der Waals surface area contributed by atoms with Gasteiger partial charge in [-0.3, -0.25) is 4.79 Å². The molecule has 114 valence electrons. The number of hydrogen-bond donors (Lipinski definition) is 1. The zero-order chi connectivity index (χ0) is 15.0. The van der Waals surface area contributed by atoms with E-state index >= 15 is 0 Å². The number of fused-ring (bicyclic) bond motifs is 1. The van der Waals surface area contributed by atoms with Crippen LogP contribution in [0.3, 0.4) is 0 Å². The highest BCUT2D eigenvalue weighted by atomic mass is 32.1. The van der Waals surface area contributed by atoms with E-state index in [4.69, 9.17) is 0 Å². The summed E-state index contributed by atoms with van der Waals surface area (Å²) in [6, 6.07) is 2.16. The zero-order valence-corrected chi connectivity index (χ0v) is 13.3. The van der Waals surface area contributed by atoms with Gasteiger partial charge in [0.05, 0.1) is 6.04 Å². The summed E-state index contributed by atoms with van der Waals surface area (Å²) in [5.74, 6) is 0.00349. The van der Waals surface area contributed by atoms with Crippen LogP contribution in [0.15, 0.2) is 11.4 Å². The van der Waals surface area contributed by atoms with Crippen LogP contribution in [0.2, 0.25) is 0 Å². The Morgan fingerprint density at radius 2 is 2.29 bits per heavy atom. The number of rotatable bonds is 1. The first-order valence-corrected chi connectivity index (χ1v) is 8.31. The summed E-state index contributed by atoms with van der Waals surface area (Å²) < 4.78 is 0. The number of carbonyl (C=O) groups is 2. The Bertz CT molecular complexity index is 557. The maximum Gasteiger partial charge on any atom is 0.318 e. The van der Waals surface area contributed by atoms with Gasteiger partial charge in [0.1, 0.15) is 6.54 Å². The molecule has 1 N–H and O–H groups in total. The van der Waals surface area contributed by atoms with Gasteiger partial charge >= 0.3 is 6.03 Å². The van der Waals surface area contributed by atoms with Crippen molar-refractivity contribution in [2.24, 2.45) is 0 Å². The third-order valence-corrected chi connectivity index (χ3v) is 5.50. The molecule has 3 rings (SSSR count). The van der Waals surface area contributed by atoms with E-state index < -0.39 is 0 Å². The molecule has 0 saturated carbocycles. The molecular weight excluding hydrogens is 286 g/mol. The Morgan fingerprint density at radius 1 is 1.48 bits per heavy atom. The molecule has 1 aromatic rings. The van der Waals surface area contributed by atoms with Crippen molar-refractivity contribution in [3.63, 3.8) is 0 Å². The van der Waals surface area contributed by atoms with Crippen molar-refractivity contribution in [3.05, 3.63) is 21.9 Å². The van der Waals surface area contributed by atoms with Gasteiger partial charge in [-0.05, 0) is 43.2 Å². The number of thiophene rings is 1. The number of nitrogens with one attached hydrogen (secondary N) is 1. The number of nitrogens with zero attached hydrogens (tertiary/aromatic N) is 2. The third kappa shape index (κ3) is 2.77. The number of hydrogen-bond acceptors (Lipinski definition) is 3. The molecule has 1 aliphatic carbocycles. The smallest absolute Gasteiger partial charge is 0.318 e. The molecule has 6 heteroatoms. The number of amides is 3. The Labute approximate surface area is 128 Å². The summed E-state index contributed by atoms with van der Waals surface area (Å²) in [5.41, 5.74) is 1.26. The van der Waals surface area contributed by atoms with Crippen molar-refractivity contribution in [2.75, 3.05) is 20.1 Å². The van der Waals surface area contributed by atoms with E-state index in [0.717, 1.165) is 19.3 Å². The minimum absolute atomic E-state index is 0.00349. The van der Waals surface area contributed by atoms with Crippen LogP contribution in [0.4, 0.5) is 4.79 Å². The number of likely N-dealkylation sites (N-methyl/N-ethyl adjacent to an activating group) is 1. The largest absolute Gasteiger partial charge is 0.340 e. The summed E-state index contributed by atoms with van der Waals surface area (Å²) in [6.07, 6.45) is 3.20. The fourth-order valence-electron chi connectivity index (χ4n) is 3.06. The average Bonchev–Trinajstić information content (AvgIpc) is 2.93. The highest BCUT2D eigenvalue weighted by Gasteiger charge is 2.31. The molecule has 2 atom stereocenters. The van der Waals surface area contributed by atoms with Gasteiger partial charge in [0.15, 0.2) is 0 Å². The molecular formula is C15H21N3O2S. The summed E-state index contributed by atoms with van der Waals surface area (Å²) in [7, 11) is 1.79. The normalized spacial score (nSPS) is 25.7. The van der Waals surface area contributed by atoms with E-state index in [0.29, 0.717) is 6.54 Å². The predicted molar refractivity (Wildman–Crippen MR) is 82.3 cm³/mol. The molecule has 2 heterocycles. The summed E-state index contributed by atoms with van der Waals surface area (Å²) in [4.78, 5) is 29.0. The number of carbonyl (C=O) groups excluding carboxylic acids is 2. The molecule has 1 saturated heterocycles. The molecule has 21 heavy (non-hydrogen) atoms. The van der Waals surface area contributed by atoms with E-state index in [-0.39, 0.29) is 30.6 Å². The Balaban J connectivity index is 1.67. The first kappa shape index (κ1) is 14.4. The van der Waals surface area contributed by atoms with Gasteiger partial charge in [-0.2, -0.15) is 0 Å². The van der Waals surface area contributed by atoms with Crippen LogP contribution in [0, 0.1) is 0 Å². The lowest BCUT2D eigenvalue weighted by atomic mass is 9.94. The fourth-order valence-corrected chi connectivity index (χ4v) is 4.05. The topological polar surface area (TPSA) is 52.7 Å². The molecule has 2 unspecified atom stereocenters. The standard InChI is InChI=1S/C15H21N3O2S/c1-10-8-18(9-14(19)17(10)2)15(20)16-12-4-3-5-13-11(12)6-7-21-13/h6-7,10,12H,3-5,8-9H2,1-2H3,(H,16,20). The van der Waals surface area contributed by atoms with Crippen LogP contribution in [0.5, 0.6) is 0 Å². The van der Waals surface area contributed by atoms with Crippen molar-refractivity contribution in [2.45, 2.75) is 38.3 Å². The van der Waals surface area contributed by atoms with E-state index in [2.05, 4.69) is 16.8 Å². The van der Waals surface area contributed by atoms with Crippen molar-refractivity contribution >= 4 is 23.3 Å².